The highest BCUT2D eigenvalue weighted by Gasteiger charge is 2.40. The normalized spacial score (nSPS) is 13.0. The summed E-state index contributed by atoms with van der Waals surface area (Å²) < 4.78 is 0. The van der Waals surface area contributed by atoms with Crippen LogP contribution in [0.2, 0.25) is 0 Å². The molecule has 0 heterocycles. The number of nitrogens with zero attached hydrogens (tertiary/aromatic N) is 2. The lowest BCUT2D eigenvalue weighted by molar-refractivity contribution is -0.148. The molecule has 0 aromatic carbocycles. The molecule has 0 rings (SSSR count). The van der Waals surface area contributed by atoms with Crippen LogP contribution in [0.15, 0.2) is 0 Å². The second kappa shape index (κ2) is 11.3. The van der Waals surface area contributed by atoms with Crippen molar-refractivity contribution in [2.24, 2.45) is 5.41 Å². The van der Waals surface area contributed by atoms with E-state index in [4.69, 9.17) is 0 Å². The largest absolute Gasteiger partial charge is 0.353 e. The van der Waals surface area contributed by atoms with Gasteiger partial charge in [-0.25, -0.2) is 0 Å². The topological polar surface area (TPSA) is 98.8 Å². The van der Waals surface area contributed by atoms with E-state index in [0.717, 1.165) is 0 Å². The van der Waals surface area contributed by atoms with Crippen molar-refractivity contribution in [1.82, 2.24) is 20.4 Å². The number of ketones is 1. The van der Waals surface area contributed by atoms with Gasteiger partial charge in [-0.1, -0.05) is 20.8 Å². The van der Waals surface area contributed by atoms with E-state index in [0.29, 0.717) is 25.9 Å². The average Bonchev–Trinajstić information content (AvgIpc) is 2.56. The van der Waals surface area contributed by atoms with E-state index >= 15 is 0 Å². The van der Waals surface area contributed by atoms with E-state index in [-0.39, 0.29) is 29.9 Å². The van der Waals surface area contributed by atoms with Crippen molar-refractivity contribution in [3.63, 3.8) is 0 Å². The minimum atomic E-state index is -0.866. The first-order valence-corrected chi connectivity index (χ1v) is 10.1. The fourth-order valence-electron chi connectivity index (χ4n) is 3.51. The number of Topliss-reactive ketones (excluding diaryl/α,β-unsaturated/α-hetero) is 1. The van der Waals surface area contributed by atoms with Crippen molar-refractivity contribution in [2.75, 3.05) is 34.2 Å². The van der Waals surface area contributed by atoms with Crippen molar-refractivity contribution in [1.29, 1.82) is 0 Å². The van der Waals surface area contributed by atoms with Crippen LogP contribution in [0, 0.1) is 5.41 Å². The zero-order chi connectivity index (χ0) is 23.0. The van der Waals surface area contributed by atoms with Gasteiger partial charge in [-0.15, -0.1) is 0 Å². The molecule has 0 fully saturated rings. The van der Waals surface area contributed by atoms with Crippen molar-refractivity contribution in [2.45, 2.75) is 72.4 Å². The predicted molar refractivity (Wildman–Crippen MR) is 114 cm³/mol. The highest BCUT2D eigenvalue weighted by molar-refractivity contribution is 5.93. The Balaban J connectivity index is 5.36. The molecule has 0 aliphatic carbocycles. The van der Waals surface area contributed by atoms with Crippen molar-refractivity contribution >= 4 is 23.5 Å². The van der Waals surface area contributed by atoms with Crippen LogP contribution in [-0.4, -0.2) is 79.1 Å². The highest BCUT2D eigenvalue weighted by atomic mass is 16.2. The molecule has 168 valence electrons. The molecule has 0 saturated carbocycles. The van der Waals surface area contributed by atoms with Gasteiger partial charge in [0.25, 0.3) is 0 Å². The molecule has 29 heavy (non-hydrogen) atoms. The molecule has 0 aliphatic rings. The third-order valence-electron chi connectivity index (χ3n) is 4.69. The van der Waals surface area contributed by atoms with Gasteiger partial charge in [-0.2, -0.15) is 0 Å². The second-order valence-corrected chi connectivity index (χ2v) is 9.28. The molecule has 3 amide bonds. The molecule has 0 aromatic heterocycles. The van der Waals surface area contributed by atoms with E-state index in [9.17, 15) is 19.2 Å². The summed E-state index contributed by atoms with van der Waals surface area (Å²) >= 11 is 0. The molecule has 0 spiro atoms. The van der Waals surface area contributed by atoms with Crippen molar-refractivity contribution in [3.8, 4) is 0 Å². The zero-order valence-corrected chi connectivity index (χ0v) is 19.6. The van der Waals surface area contributed by atoms with Crippen molar-refractivity contribution < 1.29 is 19.2 Å². The maximum Gasteiger partial charge on any atom is 0.243 e. The first-order valence-electron chi connectivity index (χ1n) is 10.1. The molecule has 0 aliphatic heterocycles. The third kappa shape index (κ3) is 9.87. The van der Waals surface area contributed by atoms with Gasteiger partial charge in [0, 0.05) is 43.9 Å². The molecule has 0 bridgehead atoms. The Kier molecular flexibility index (Phi) is 10.5. The molecular formula is C21H40N4O4. The number of carbonyl (C=O) groups excluding carboxylic acids is 4. The molecule has 0 radical (unpaired) electrons. The monoisotopic (exact) mass is 412 g/mol. The van der Waals surface area contributed by atoms with Crippen LogP contribution in [0.5, 0.6) is 0 Å². The Bertz CT molecular complexity index is 599. The van der Waals surface area contributed by atoms with Crippen LogP contribution in [0.4, 0.5) is 0 Å². The van der Waals surface area contributed by atoms with Gasteiger partial charge in [-0.3, -0.25) is 19.2 Å². The summed E-state index contributed by atoms with van der Waals surface area (Å²) in [6.07, 6.45) is 0.720. The Hall–Kier alpha value is -1.96. The quantitative estimate of drug-likeness (QED) is 0.502. The molecular weight excluding hydrogens is 372 g/mol. The number of likely N-dealkylation sites (N-methyl/N-ethyl adjacent to an activating group) is 2. The van der Waals surface area contributed by atoms with Crippen LogP contribution in [-0.2, 0) is 19.2 Å². The SMILES string of the molecule is CCC(=O)NC(C)(C)CC(C)(C)C(=O)N(C)C(CC(C)=O)C(=O)NCCN(C)C. The van der Waals surface area contributed by atoms with Crippen LogP contribution < -0.4 is 10.6 Å². The second-order valence-electron chi connectivity index (χ2n) is 9.28. The van der Waals surface area contributed by atoms with Gasteiger partial charge in [0.2, 0.25) is 17.7 Å². The first kappa shape index (κ1) is 27.0. The van der Waals surface area contributed by atoms with Gasteiger partial charge in [0.15, 0.2) is 0 Å². The van der Waals surface area contributed by atoms with Gasteiger partial charge in [-0.05, 0) is 41.3 Å². The fraction of sp³-hybridized carbons (Fsp3) is 0.810. The highest BCUT2D eigenvalue weighted by Crippen LogP contribution is 2.31. The minimum Gasteiger partial charge on any atom is -0.353 e. The standard InChI is InChI=1S/C21H40N4O4/c1-10-17(27)23-21(5,6)14-20(3,4)19(29)25(9)16(13-15(2)26)18(28)22-11-12-24(7)8/h16H,10-14H2,1-9H3,(H,22,28)(H,23,27). The van der Waals surface area contributed by atoms with E-state index in [2.05, 4.69) is 10.6 Å². The van der Waals surface area contributed by atoms with Crippen LogP contribution in [0.3, 0.4) is 0 Å². The Morgan fingerprint density at radius 3 is 2.00 bits per heavy atom. The molecule has 8 nitrogen and oxygen atoms in total. The maximum absolute atomic E-state index is 13.2. The van der Waals surface area contributed by atoms with E-state index in [1.807, 2.05) is 32.8 Å². The Morgan fingerprint density at radius 1 is 1.00 bits per heavy atom. The van der Waals surface area contributed by atoms with Gasteiger partial charge in [0.1, 0.15) is 11.8 Å². The number of carbonyl (C=O) groups is 4. The van der Waals surface area contributed by atoms with Gasteiger partial charge >= 0.3 is 0 Å². The summed E-state index contributed by atoms with van der Waals surface area (Å²) in [5.41, 5.74) is -1.42. The number of amides is 3. The van der Waals surface area contributed by atoms with E-state index in [1.165, 1.54) is 11.8 Å². The maximum atomic E-state index is 13.2. The number of nitrogens with one attached hydrogen (secondary N) is 2. The Morgan fingerprint density at radius 2 is 1.55 bits per heavy atom. The van der Waals surface area contributed by atoms with E-state index < -0.39 is 17.0 Å². The molecule has 8 heteroatoms. The lowest BCUT2D eigenvalue weighted by Crippen LogP contribution is -2.55. The van der Waals surface area contributed by atoms with Gasteiger partial charge in [0.05, 0.1) is 0 Å². The summed E-state index contributed by atoms with van der Waals surface area (Å²) in [5.74, 6) is -0.829. The predicted octanol–water partition coefficient (Wildman–Crippen LogP) is 1.19. The summed E-state index contributed by atoms with van der Waals surface area (Å²) in [6.45, 7) is 11.6. The summed E-state index contributed by atoms with van der Waals surface area (Å²) in [7, 11) is 5.35. The first-order chi connectivity index (χ1) is 13.1. The summed E-state index contributed by atoms with van der Waals surface area (Å²) in [4.78, 5) is 52.7. The lowest BCUT2D eigenvalue weighted by Gasteiger charge is -2.38. The van der Waals surface area contributed by atoms with Crippen LogP contribution in [0.25, 0.3) is 0 Å². The van der Waals surface area contributed by atoms with Crippen molar-refractivity contribution in [3.05, 3.63) is 0 Å². The van der Waals surface area contributed by atoms with Crippen LogP contribution in [0.1, 0.15) is 60.8 Å². The summed E-state index contributed by atoms with van der Waals surface area (Å²) in [6, 6.07) is -0.866. The molecule has 1 atom stereocenters. The molecule has 2 N–H and O–H groups in total. The van der Waals surface area contributed by atoms with Gasteiger partial charge < -0.3 is 20.4 Å². The molecule has 1 unspecified atom stereocenters. The van der Waals surface area contributed by atoms with E-state index in [1.54, 1.807) is 27.8 Å². The fourth-order valence-corrected chi connectivity index (χ4v) is 3.51. The number of hydrogen-bond acceptors (Lipinski definition) is 5. The zero-order valence-electron chi connectivity index (χ0n) is 19.6. The molecule has 0 aromatic rings. The lowest BCUT2D eigenvalue weighted by atomic mass is 9.78. The molecule has 0 saturated heterocycles. The van der Waals surface area contributed by atoms with Crippen LogP contribution >= 0.6 is 0 Å². The number of rotatable bonds is 12. The average molecular weight is 413 g/mol. The minimum absolute atomic E-state index is 0.0396. The smallest absolute Gasteiger partial charge is 0.243 e. The Labute approximate surface area is 175 Å². The third-order valence-corrected chi connectivity index (χ3v) is 4.69. The number of hydrogen-bond donors (Lipinski definition) is 2. The summed E-state index contributed by atoms with van der Waals surface area (Å²) in [5, 5.41) is 5.74.